The number of hydrogen-bond donors (Lipinski definition) is 1. The van der Waals surface area contributed by atoms with Gasteiger partial charge in [0.25, 0.3) is 0 Å². The number of aromatic nitrogens is 2. The molecule has 4 nitrogen and oxygen atoms in total. The van der Waals surface area contributed by atoms with Crippen LogP contribution in [0.4, 0.5) is 0 Å². The van der Waals surface area contributed by atoms with Gasteiger partial charge in [0, 0.05) is 25.8 Å². The standard InChI is InChI=1S/C13H24N4/c1-4-17-8-6-12(10-17)9-14-11(2)13-5-7-15-16(13)3/h5,7,11-12,14H,4,6,8-10H2,1-3H3. The van der Waals surface area contributed by atoms with Crippen molar-refractivity contribution in [1.29, 1.82) is 0 Å². The van der Waals surface area contributed by atoms with Gasteiger partial charge in [-0.2, -0.15) is 5.10 Å². The van der Waals surface area contributed by atoms with Gasteiger partial charge < -0.3 is 10.2 Å². The van der Waals surface area contributed by atoms with E-state index in [4.69, 9.17) is 0 Å². The first-order valence-electron chi connectivity index (χ1n) is 6.64. The van der Waals surface area contributed by atoms with Gasteiger partial charge in [0.05, 0.1) is 5.69 Å². The van der Waals surface area contributed by atoms with Crippen molar-refractivity contribution in [3.8, 4) is 0 Å². The molecule has 0 spiro atoms. The summed E-state index contributed by atoms with van der Waals surface area (Å²) in [5.41, 5.74) is 1.26. The van der Waals surface area contributed by atoms with Crippen LogP contribution in [0.15, 0.2) is 12.3 Å². The molecule has 0 aromatic carbocycles. The number of hydrogen-bond acceptors (Lipinski definition) is 3. The summed E-state index contributed by atoms with van der Waals surface area (Å²) in [6, 6.07) is 2.48. The van der Waals surface area contributed by atoms with Crippen molar-refractivity contribution in [3.63, 3.8) is 0 Å². The number of nitrogens with zero attached hydrogens (tertiary/aromatic N) is 3. The number of likely N-dealkylation sites (tertiary alicyclic amines) is 1. The van der Waals surface area contributed by atoms with E-state index in [1.165, 1.54) is 31.7 Å². The van der Waals surface area contributed by atoms with Crippen LogP contribution < -0.4 is 5.32 Å². The summed E-state index contributed by atoms with van der Waals surface area (Å²) in [6.07, 6.45) is 3.20. The third-order valence-corrected chi connectivity index (χ3v) is 3.83. The highest BCUT2D eigenvalue weighted by atomic mass is 15.3. The lowest BCUT2D eigenvalue weighted by atomic mass is 10.1. The van der Waals surface area contributed by atoms with E-state index in [0.717, 1.165) is 12.5 Å². The zero-order valence-corrected chi connectivity index (χ0v) is 11.2. The van der Waals surface area contributed by atoms with Crippen LogP contribution in [0.3, 0.4) is 0 Å². The molecule has 2 unspecified atom stereocenters. The quantitative estimate of drug-likeness (QED) is 0.839. The highest BCUT2D eigenvalue weighted by molar-refractivity contribution is 5.05. The summed E-state index contributed by atoms with van der Waals surface area (Å²) in [4.78, 5) is 2.53. The van der Waals surface area contributed by atoms with E-state index in [2.05, 4.69) is 35.2 Å². The minimum absolute atomic E-state index is 0.387. The molecule has 1 aromatic heterocycles. The van der Waals surface area contributed by atoms with E-state index >= 15 is 0 Å². The summed E-state index contributed by atoms with van der Waals surface area (Å²) in [5.74, 6) is 0.811. The normalized spacial score (nSPS) is 23.1. The Morgan fingerprint density at radius 1 is 1.59 bits per heavy atom. The van der Waals surface area contributed by atoms with Crippen molar-refractivity contribution in [1.82, 2.24) is 20.0 Å². The fourth-order valence-electron chi connectivity index (χ4n) is 2.62. The average Bonchev–Trinajstić information content (AvgIpc) is 2.94. The van der Waals surface area contributed by atoms with Crippen molar-refractivity contribution in [2.24, 2.45) is 13.0 Å². The lowest BCUT2D eigenvalue weighted by molar-refractivity contribution is 0.335. The van der Waals surface area contributed by atoms with E-state index < -0.39 is 0 Å². The molecule has 2 rings (SSSR count). The van der Waals surface area contributed by atoms with Crippen LogP contribution in [0.1, 0.15) is 32.0 Å². The van der Waals surface area contributed by atoms with Crippen LogP contribution in [-0.4, -0.2) is 40.9 Å². The van der Waals surface area contributed by atoms with Gasteiger partial charge >= 0.3 is 0 Å². The Morgan fingerprint density at radius 3 is 3.00 bits per heavy atom. The van der Waals surface area contributed by atoms with E-state index in [9.17, 15) is 0 Å². The van der Waals surface area contributed by atoms with Crippen molar-refractivity contribution < 1.29 is 0 Å². The average molecular weight is 236 g/mol. The second kappa shape index (κ2) is 5.65. The molecule has 0 amide bonds. The third kappa shape index (κ3) is 3.07. The molecule has 0 radical (unpaired) electrons. The van der Waals surface area contributed by atoms with Crippen LogP contribution in [0.5, 0.6) is 0 Å². The maximum Gasteiger partial charge on any atom is 0.0547 e. The predicted molar refractivity (Wildman–Crippen MR) is 69.8 cm³/mol. The Kier molecular flexibility index (Phi) is 4.18. The van der Waals surface area contributed by atoms with Crippen molar-refractivity contribution in [2.75, 3.05) is 26.2 Å². The second-order valence-electron chi connectivity index (χ2n) is 5.06. The molecule has 2 atom stereocenters. The molecule has 1 aromatic rings. The van der Waals surface area contributed by atoms with Gasteiger partial charge in [0.1, 0.15) is 0 Å². The van der Waals surface area contributed by atoms with Gasteiger partial charge in [-0.1, -0.05) is 6.92 Å². The first kappa shape index (κ1) is 12.6. The molecule has 96 valence electrons. The van der Waals surface area contributed by atoms with Crippen molar-refractivity contribution in [3.05, 3.63) is 18.0 Å². The fraction of sp³-hybridized carbons (Fsp3) is 0.769. The zero-order valence-electron chi connectivity index (χ0n) is 11.2. The lowest BCUT2D eigenvalue weighted by Gasteiger charge is -2.18. The third-order valence-electron chi connectivity index (χ3n) is 3.83. The maximum absolute atomic E-state index is 4.21. The number of nitrogens with one attached hydrogen (secondary N) is 1. The Labute approximate surface area is 104 Å². The summed E-state index contributed by atoms with van der Waals surface area (Å²) < 4.78 is 1.95. The number of aryl methyl sites for hydroxylation is 1. The molecule has 4 heteroatoms. The molecule has 1 aliphatic heterocycles. The zero-order chi connectivity index (χ0) is 12.3. The Morgan fingerprint density at radius 2 is 2.41 bits per heavy atom. The molecule has 0 aliphatic carbocycles. The first-order chi connectivity index (χ1) is 8.20. The SMILES string of the molecule is CCN1CCC(CNC(C)c2ccnn2C)C1. The fourth-order valence-corrected chi connectivity index (χ4v) is 2.62. The molecule has 1 fully saturated rings. The topological polar surface area (TPSA) is 33.1 Å². The maximum atomic E-state index is 4.21. The molecule has 1 aliphatic rings. The Balaban J connectivity index is 1.77. The van der Waals surface area contributed by atoms with Crippen LogP contribution in [0, 0.1) is 5.92 Å². The summed E-state index contributed by atoms with van der Waals surface area (Å²) in [5, 5.41) is 7.84. The summed E-state index contributed by atoms with van der Waals surface area (Å²) in [7, 11) is 2.00. The first-order valence-corrected chi connectivity index (χ1v) is 6.64. The van der Waals surface area contributed by atoms with Gasteiger partial charge in [0.15, 0.2) is 0 Å². The van der Waals surface area contributed by atoms with Crippen LogP contribution in [0.25, 0.3) is 0 Å². The Bertz CT molecular complexity index is 347. The van der Waals surface area contributed by atoms with Crippen LogP contribution in [-0.2, 0) is 7.05 Å². The smallest absolute Gasteiger partial charge is 0.0547 e. The van der Waals surface area contributed by atoms with Gasteiger partial charge in [-0.15, -0.1) is 0 Å². The van der Waals surface area contributed by atoms with E-state index in [1.807, 2.05) is 17.9 Å². The molecule has 17 heavy (non-hydrogen) atoms. The van der Waals surface area contributed by atoms with E-state index in [1.54, 1.807) is 0 Å². The molecule has 1 saturated heterocycles. The monoisotopic (exact) mass is 236 g/mol. The Hall–Kier alpha value is -0.870. The lowest BCUT2D eigenvalue weighted by Crippen LogP contribution is -2.29. The van der Waals surface area contributed by atoms with Crippen molar-refractivity contribution >= 4 is 0 Å². The van der Waals surface area contributed by atoms with E-state index in [0.29, 0.717) is 6.04 Å². The minimum atomic E-state index is 0.387. The molecular formula is C13H24N4. The highest BCUT2D eigenvalue weighted by Crippen LogP contribution is 2.17. The van der Waals surface area contributed by atoms with Gasteiger partial charge in [-0.25, -0.2) is 0 Å². The second-order valence-corrected chi connectivity index (χ2v) is 5.06. The number of rotatable bonds is 5. The molecule has 0 saturated carbocycles. The van der Waals surface area contributed by atoms with Gasteiger partial charge in [-0.3, -0.25) is 4.68 Å². The van der Waals surface area contributed by atoms with Crippen LogP contribution in [0.2, 0.25) is 0 Å². The van der Waals surface area contributed by atoms with Crippen molar-refractivity contribution in [2.45, 2.75) is 26.3 Å². The van der Waals surface area contributed by atoms with Gasteiger partial charge in [0.2, 0.25) is 0 Å². The van der Waals surface area contributed by atoms with Crippen LogP contribution >= 0.6 is 0 Å². The molecular weight excluding hydrogens is 212 g/mol. The molecule has 2 heterocycles. The highest BCUT2D eigenvalue weighted by Gasteiger charge is 2.21. The largest absolute Gasteiger partial charge is 0.309 e. The van der Waals surface area contributed by atoms with Gasteiger partial charge in [-0.05, 0) is 45.0 Å². The summed E-state index contributed by atoms with van der Waals surface area (Å²) >= 11 is 0. The van der Waals surface area contributed by atoms with E-state index in [-0.39, 0.29) is 0 Å². The molecule has 1 N–H and O–H groups in total. The summed E-state index contributed by atoms with van der Waals surface area (Å²) in [6.45, 7) is 9.28. The molecule has 0 bridgehead atoms. The minimum Gasteiger partial charge on any atom is -0.309 e. The predicted octanol–water partition coefficient (Wildman–Crippen LogP) is 1.41.